The van der Waals surface area contributed by atoms with Crippen LogP contribution in [0.4, 0.5) is 0 Å². The molecule has 0 rings (SSSR count). The summed E-state index contributed by atoms with van der Waals surface area (Å²) >= 11 is 0. The van der Waals surface area contributed by atoms with Crippen molar-refractivity contribution in [2.24, 2.45) is 16.3 Å². The largest absolute Gasteiger partial charge is 0.262 e. The zero-order valence-corrected chi connectivity index (χ0v) is 10.6. The monoisotopic (exact) mass is 195 g/mol. The van der Waals surface area contributed by atoms with E-state index in [0.717, 1.165) is 18.5 Å². The molecule has 0 heterocycles. The minimum Gasteiger partial charge on any atom is -0.262 e. The first-order chi connectivity index (χ1) is 6.32. The van der Waals surface area contributed by atoms with E-state index in [1.54, 1.807) is 0 Å². The summed E-state index contributed by atoms with van der Waals surface area (Å²) < 4.78 is 0. The predicted octanol–water partition coefficient (Wildman–Crippen LogP) is 4.44. The molecule has 1 nitrogen and oxygen atoms in total. The first kappa shape index (κ1) is 13.4. The molecule has 0 amide bonds. The number of hydrogen-bond acceptors (Lipinski definition) is 1. The second-order valence-corrected chi connectivity index (χ2v) is 4.96. The molecular weight excluding hydrogens is 170 g/mol. The Hall–Kier alpha value is -0.590. The molecule has 0 fully saturated rings. The summed E-state index contributed by atoms with van der Waals surface area (Å²) in [5, 5.41) is 0. The van der Waals surface area contributed by atoms with E-state index in [1.807, 2.05) is 0 Å². The second-order valence-electron chi connectivity index (χ2n) is 4.96. The standard InChI is InChI=1S/C13H25N/c1-8-10(3)12(9-2)14-11(4)13(5,6)7/h10H,4,8-9H2,1-3,5-7H3/b14-12-. The Morgan fingerprint density at radius 1 is 1.29 bits per heavy atom. The van der Waals surface area contributed by atoms with Gasteiger partial charge in [0.1, 0.15) is 0 Å². The lowest BCUT2D eigenvalue weighted by Crippen LogP contribution is -2.13. The third-order valence-corrected chi connectivity index (χ3v) is 2.69. The average molecular weight is 195 g/mol. The van der Waals surface area contributed by atoms with Crippen LogP contribution in [0.15, 0.2) is 17.3 Å². The molecule has 0 N–H and O–H groups in total. The molecule has 0 bridgehead atoms. The van der Waals surface area contributed by atoms with Crippen molar-refractivity contribution in [3.05, 3.63) is 12.3 Å². The molecule has 0 aliphatic carbocycles. The van der Waals surface area contributed by atoms with Crippen molar-refractivity contribution in [1.29, 1.82) is 0 Å². The van der Waals surface area contributed by atoms with Gasteiger partial charge in [-0.15, -0.1) is 0 Å². The molecule has 0 aromatic heterocycles. The third kappa shape index (κ3) is 4.08. The average Bonchev–Trinajstić information content (AvgIpc) is 2.10. The van der Waals surface area contributed by atoms with Gasteiger partial charge in [0.15, 0.2) is 0 Å². The zero-order chi connectivity index (χ0) is 11.4. The predicted molar refractivity (Wildman–Crippen MR) is 65.8 cm³/mol. The molecule has 1 heteroatoms. The van der Waals surface area contributed by atoms with Gasteiger partial charge in [-0.1, -0.05) is 48.1 Å². The van der Waals surface area contributed by atoms with E-state index < -0.39 is 0 Å². The zero-order valence-electron chi connectivity index (χ0n) is 10.6. The van der Waals surface area contributed by atoms with Crippen LogP contribution in [-0.4, -0.2) is 5.71 Å². The third-order valence-electron chi connectivity index (χ3n) is 2.69. The topological polar surface area (TPSA) is 12.4 Å². The fourth-order valence-electron chi connectivity index (χ4n) is 1.11. The van der Waals surface area contributed by atoms with Crippen LogP contribution >= 0.6 is 0 Å². The number of hydrogen-bond donors (Lipinski definition) is 0. The highest BCUT2D eigenvalue weighted by Gasteiger charge is 2.16. The fraction of sp³-hybridized carbons (Fsp3) is 0.769. The van der Waals surface area contributed by atoms with E-state index in [-0.39, 0.29) is 5.41 Å². The number of allylic oxidation sites excluding steroid dienone is 1. The van der Waals surface area contributed by atoms with Crippen molar-refractivity contribution >= 4 is 5.71 Å². The van der Waals surface area contributed by atoms with E-state index in [4.69, 9.17) is 0 Å². The Bertz CT molecular complexity index is 218. The highest BCUT2D eigenvalue weighted by atomic mass is 14.8. The number of nitrogens with zero attached hydrogens (tertiary/aromatic N) is 1. The van der Waals surface area contributed by atoms with Crippen LogP contribution in [0.2, 0.25) is 0 Å². The minimum atomic E-state index is 0.0912. The van der Waals surface area contributed by atoms with Crippen LogP contribution in [0.1, 0.15) is 54.4 Å². The summed E-state index contributed by atoms with van der Waals surface area (Å²) in [6.45, 7) is 17.1. The highest BCUT2D eigenvalue weighted by molar-refractivity contribution is 5.87. The van der Waals surface area contributed by atoms with Gasteiger partial charge < -0.3 is 0 Å². The molecule has 1 atom stereocenters. The van der Waals surface area contributed by atoms with Crippen LogP contribution in [0.25, 0.3) is 0 Å². The van der Waals surface area contributed by atoms with Gasteiger partial charge in [0.05, 0.1) is 0 Å². The Morgan fingerprint density at radius 2 is 1.79 bits per heavy atom. The van der Waals surface area contributed by atoms with Gasteiger partial charge in [-0.25, -0.2) is 0 Å². The van der Waals surface area contributed by atoms with Gasteiger partial charge in [0.25, 0.3) is 0 Å². The molecule has 82 valence electrons. The van der Waals surface area contributed by atoms with E-state index in [2.05, 4.69) is 53.1 Å². The maximum absolute atomic E-state index is 4.66. The Balaban J connectivity index is 4.69. The van der Waals surface area contributed by atoms with E-state index in [1.165, 1.54) is 5.71 Å². The first-order valence-electron chi connectivity index (χ1n) is 5.59. The molecule has 0 aromatic rings. The van der Waals surface area contributed by atoms with Crippen LogP contribution in [-0.2, 0) is 0 Å². The maximum atomic E-state index is 4.66. The maximum Gasteiger partial charge on any atom is 0.0384 e. The van der Waals surface area contributed by atoms with Crippen molar-refractivity contribution in [3.8, 4) is 0 Å². The lowest BCUT2D eigenvalue weighted by molar-refractivity contribution is 0.499. The summed E-state index contributed by atoms with van der Waals surface area (Å²) in [7, 11) is 0. The van der Waals surface area contributed by atoms with Crippen molar-refractivity contribution in [2.45, 2.75) is 54.4 Å². The number of aliphatic imine (C=N–C) groups is 1. The molecule has 0 radical (unpaired) electrons. The Kier molecular flexibility index (Phi) is 5.11. The molecular formula is C13H25N. The normalized spacial score (nSPS) is 15.4. The minimum absolute atomic E-state index is 0.0912. The molecule has 0 saturated carbocycles. The molecule has 0 saturated heterocycles. The molecule has 0 aliphatic heterocycles. The van der Waals surface area contributed by atoms with Gasteiger partial charge >= 0.3 is 0 Å². The van der Waals surface area contributed by atoms with Gasteiger partial charge in [-0.3, -0.25) is 4.99 Å². The van der Waals surface area contributed by atoms with Crippen molar-refractivity contribution in [3.63, 3.8) is 0 Å². The van der Waals surface area contributed by atoms with Crippen LogP contribution in [0, 0.1) is 11.3 Å². The van der Waals surface area contributed by atoms with E-state index >= 15 is 0 Å². The second kappa shape index (κ2) is 5.33. The first-order valence-corrected chi connectivity index (χ1v) is 5.59. The van der Waals surface area contributed by atoms with Gasteiger partial charge in [0.2, 0.25) is 0 Å². The van der Waals surface area contributed by atoms with Crippen molar-refractivity contribution in [2.75, 3.05) is 0 Å². The van der Waals surface area contributed by atoms with Gasteiger partial charge in [-0.2, -0.15) is 0 Å². The van der Waals surface area contributed by atoms with Crippen LogP contribution in [0.3, 0.4) is 0 Å². The van der Waals surface area contributed by atoms with Gasteiger partial charge in [-0.05, 0) is 18.8 Å². The van der Waals surface area contributed by atoms with Gasteiger partial charge in [0, 0.05) is 16.8 Å². The summed E-state index contributed by atoms with van der Waals surface area (Å²) in [6, 6.07) is 0. The van der Waals surface area contributed by atoms with Crippen LogP contribution in [0.5, 0.6) is 0 Å². The van der Waals surface area contributed by atoms with Crippen molar-refractivity contribution in [1.82, 2.24) is 0 Å². The lowest BCUT2D eigenvalue weighted by Gasteiger charge is -2.20. The Labute approximate surface area is 89.3 Å². The summed E-state index contributed by atoms with van der Waals surface area (Å²) in [5.41, 5.74) is 2.37. The van der Waals surface area contributed by atoms with Crippen molar-refractivity contribution < 1.29 is 0 Å². The number of rotatable bonds is 4. The molecule has 0 spiro atoms. The molecule has 0 aliphatic rings. The van der Waals surface area contributed by atoms with E-state index in [9.17, 15) is 0 Å². The molecule has 14 heavy (non-hydrogen) atoms. The quantitative estimate of drug-likeness (QED) is 0.588. The summed E-state index contributed by atoms with van der Waals surface area (Å²) in [5.74, 6) is 0.582. The Morgan fingerprint density at radius 3 is 2.07 bits per heavy atom. The molecule has 1 unspecified atom stereocenters. The fourth-order valence-corrected chi connectivity index (χ4v) is 1.11. The summed E-state index contributed by atoms with van der Waals surface area (Å²) in [6.07, 6.45) is 2.19. The summed E-state index contributed by atoms with van der Waals surface area (Å²) in [4.78, 5) is 4.66. The van der Waals surface area contributed by atoms with Crippen LogP contribution < -0.4 is 0 Å². The molecule has 0 aromatic carbocycles. The smallest absolute Gasteiger partial charge is 0.0384 e. The highest BCUT2D eigenvalue weighted by Crippen LogP contribution is 2.25. The van der Waals surface area contributed by atoms with E-state index in [0.29, 0.717) is 5.92 Å². The SMILES string of the molecule is C=C(/N=C(/CC)C(C)CC)C(C)(C)C. The lowest BCUT2D eigenvalue weighted by atomic mass is 9.92.